The largest absolute Gasteiger partial charge is 0.454 e. The second-order valence-corrected chi connectivity index (χ2v) is 6.05. The first kappa shape index (κ1) is 16.9. The molecule has 1 aromatic carbocycles. The third-order valence-corrected chi connectivity index (χ3v) is 4.28. The molecule has 1 saturated heterocycles. The lowest BCUT2D eigenvalue weighted by Gasteiger charge is -2.33. The van der Waals surface area contributed by atoms with E-state index in [0.29, 0.717) is 36.7 Å². The minimum absolute atomic E-state index is 0.0270. The lowest BCUT2D eigenvalue weighted by atomic mass is 9.97. The topological polar surface area (TPSA) is 50.8 Å². The number of nitrogens with zero attached hydrogens (tertiary/aromatic N) is 1. The van der Waals surface area contributed by atoms with Crippen LogP contribution in [0.3, 0.4) is 0 Å². The summed E-state index contributed by atoms with van der Waals surface area (Å²) in [5.41, 5.74) is 0.580. The first-order valence-electron chi connectivity index (χ1n) is 7.90. The number of carbonyl (C=O) groups excluding carboxylic acids is 1. The molecule has 1 amide bonds. The predicted octanol–water partition coefficient (Wildman–Crippen LogP) is 3.02. The second kappa shape index (κ2) is 6.88. The van der Waals surface area contributed by atoms with Crippen molar-refractivity contribution in [1.29, 1.82) is 0 Å². The zero-order chi connectivity index (χ0) is 17.2. The normalized spacial score (nSPS) is 20.9. The first-order chi connectivity index (χ1) is 11.4. The van der Waals surface area contributed by atoms with Crippen molar-refractivity contribution < 1.29 is 27.4 Å². The molecule has 132 valence electrons. The fourth-order valence-corrected chi connectivity index (χ4v) is 2.98. The molecule has 0 bridgehead atoms. The lowest BCUT2D eigenvalue weighted by molar-refractivity contribution is -0.186. The summed E-state index contributed by atoms with van der Waals surface area (Å²) in [5, 5.41) is 2.73. The molecule has 1 atom stereocenters. The van der Waals surface area contributed by atoms with E-state index in [1.54, 1.807) is 23.1 Å². The second-order valence-electron chi connectivity index (χ2n) is 6.05. The van der Waals surface area contributed by atoms with E-state index in [2.05, 4.69) is 5.32 Å². The predicted molar refractivity (Wildman–Crippen MR) is 81.0 cm³/mol. The summed E-state index contributed by atoms with van der Waals surface area (Å²) in [6, 6.07) is 5.07. The van der Waals surface area contributed by atoms with Crippen LogP contribution in [0.25, 0.3) is 0 Å². The highest BCUT2D eigenvalue weighted by atomic mass is 19.4. The molecule has 0 aromatic heterocycles. The van der Waals surface area contributed by atoms with Gasteiger partial charge in [-0.25, -0.2) is 0 Å². The monoisotopic (exact) mass is 344 g/mol. The number of hydrogen-bond acceptors (Lipinski definition) is 4. The van der Waals surface area contributed by atoms with Crippen LogP contribution < -0.4 is 14.8 Å². The molecule has 1 fully saturated rings. The van der Waals surface area contributed by atoms with Gasteiger partial charge in [0.05, 0.1) is 5.92 Å². The molecule has 1 aromatic rings. The molecule has 1 N–H and O–H groups in total. The SMILES string of the molecule is O=C(CCN1CCCC(C(F)(F)F)C1)Nc1ccc2c(c1)OCO2. The molecule has 5 nitrogen and oxygen atoms in total. The van der Waals surface area contributed by atoms with Crippen LogP contribution in [0.15, 0.2) is 18.2 Å². The molecule has 2 heterocycles. The van der Waals surface area contributed by atoms with Crippen LogP contribution in [0, 0.1) is 5.92 Å². The standard InChI is InChI=1S/C16H19F3N2O3/c17-16(18,19)11-2-1-6-21(9-11)7-5-15(22)20-12-3-4-13-14(8-12)24-10-23-13/h3-4,8,11H,1-2,5-7,9-10H2,(H,20,22). The van der Waals surface area contributed by atoms with E-state index >= 15 is 0 Å². The molecule has 3 rings (SSSR count). The van der Waals surface area contributed by atoms with Gasteiger partial charge in [0.1, 0.15) is 0 Å². The van der Waals surface area contributed by atoms with Crippen LogP contribution in [-0.2, 0) is 4.79 Å². The van der Waals surface area contributed by atoms with Crippen LogP contribution in [-0.4, -0.2) is 43.4 Å². The van der Waals surface area contributed by atoms with E-state index in [4.69, 9.17) is 9.47 Å². The fourth-order valence-electron chi connectivity index (χ4n) is 2.98. The molecule has 0 radical (unpaired) electrons. The smallest absolute Gasteiger partial charge is 0.393 e. The minimum atomic E-state index is -4.16. The van der Waals surface area contributed by atoms with Crippen molar-refractivity contribution in [2.45, 2.75) is 25.4 Å². The molecule has 1 unspecified atom stereocenters. The number of amides is 1. The van der Waals surface area contributed by atoms with Gasteiger partial charge >= 0.3 is 6.18 Å². The molecule has 8 heteroatoms. The Morgan fingerprint density at radius 3 is 2.88 bits per heavy atom. The van der Waals surface area contributed by atoms with Crippen molar-refractivity contribution in [2.75, 3.05) is 31.7 Å². The minimum Gasteiger partial charge on any atom is -0.454 e. The van der Waals surface area contributed by atoms with Gasteiger partial charge in [0, 0.05) is 31.3 Å². The highest BCUT2D eigenvalue weighted by Crippen LogP contribution is 2.34. The average molecular weight is 344 g/mol. The number of piperidine rings is 1. The number of carbonyl (C=O) groups is 1. The summed E-state index contributed by atoms with van der Waals surface area (Å²) in [5.74, 6) is -0.331. The van der Waals surface area contributed by atoms with Crippen LogP contribution in [0.1, 0.15) is 19.3 Å². The summed E-state index contributed by atoms with van der Waals surface area (Å²) in [4.78, 5) is 13.7. The van der Waals surface area contributed by atoms with Crippen molar-refractivity contribution in [1.82, 2.24) is 4.90 Å². The molecule has 0 spiro atoms. The average Bonchev–Trinajstić information content (AvgIpc) is 3.00. The van der Waals surface area contributed by atoms with Crippen molar-refractivity contribution in [3.05, 3.63) is 18.2 Å². The van der Waals surface area contributed by atoms with Gasteiger partial charge in [-0.2, -0.15) is 13.2 Å². The lowest BCUT2D eigenvalue weighted by Crippen LogP contribution is -2.42. The Bertz CT molecular complexity index is 607. The maximum atomic E-state index is 12.8. The van der Waals surface area contributed by atoms with Gasteiger partial charge in [0.2, 0.25) is 12.7 Å². The third kappa shape index (κ3) is 4.11. The van der Waals surface area contributed by atoms with Gasteiger partial charge < -0.3 is 19.7 Å². The van der Waals surface area contributed by atoms with E-state index in [1.165, 1.54) is 0 Å². The Balaban J connectivity index is 1.47. The Morgan fingerprint density at radius 2 is 2.08 bits per heavy atom. The van der Waals surface area contributed by atoms with Gasteiger partial charge in [0.15, 0.2) is 11.5 Å². The van der Waals surface area contributed by atoms with Crippen molar-refractivity contribution in [3.8, 4) is 11.5 Å². The Hall–Kier alpha value is -1.96. The van der Waals surface area contributed by atoms with Crippen molar-refractivity contribution >= 4 is 11.6 Å². The van der Waals surface area contributed by atoms with Gasteiger partial charge in [-0.15, -0.1) is 0 Å². The summed E-state index contributed by atoms with van der Waals surface area (Å²) in [6.07, 6.45) is -3.33. The Labute approximate surface area is 137 Å². The number of rotatable bonds is 4. The van der Waals surface area contributed by atoms with E-state index in [1.807, 2.05) is 0 Å². The van der Waals surface area contributed by atoms with Crippen LogP contribution in [0.4, 0.5) is 18.9 Å². The molecule has 2 aliphatic rings. The van der Waals surface area contributed by atoms with Crippen LogP contribution in [0.2, 0.25) is 0 Å². The van der Waals surface area contributed by atoms with Gasteiger partial charge in [0.25, 0.3) is 0 Å². The number of benzene rings is 1. The van der Waals surface area contributed by atoms with Gasteiger partial charge in [-0.3, -0.25) is 4.79 Å². The number of anilines is 1. The Morgan fingerprint density at radius 1 is 1.29 bits per heavy atom. The number of hydrogen-bond donors (Lipinski definition) is 1. The number of alkyl halides is 3. The number of ether oxygens (including phenoxy) is 2. The Kier molecular flexibility index (Phi) is 4.84. The van der Waals surface area contributed by atoms with E-state index in [0.717, 1.165) is 0 Å². The number of fused-ring (bicyclic) bond motifs is 1. The van der Waals surface area contributed by atoms with E-state index < -0.39 is 12.1 Å². The van der Waals surface area contributed by atoms with Crippen molar-refractivity contribution in [3.63, 3.8) is 0 Å². The molecule has 0 saturated carbocycles. The van der Waals surface area contributed by atoms with E-state index in [-0.39, 0.29) is 32.1 Å². The zero-order valence-corrected chi connectivity index (χ0v) is 13.1. The number of nitrogens with one attached hydrogen (secondary N) is 1. The summed E-state index contributed by atoms with van der Waals surface area (Å²) >= 11 is 0. The van der Waals surface area contributed by atoms with E-state index in [9.17, 15) is 18.0 Å². The fraction of sp³-hybridized carbons (Fsp3) is 0.562. The summed E-state index contributed by atoms with van der Waals surface area (Å²) in [7, 11) is 0. The maximum absolute atomic E-state index is 12.8. The molecular weight excluding hydrogens is 325 g/mol. The number of halogens is 3. The highest BCUT2D eigenvalue weighted by molar-refractivity contribution is 5.91. The third-order valence-electron chi connectivity index (χ3n) is 4.28. The number of likely N-dealkylation sites (tertiary alicyclic amines) is 1. The summed E-state index contributed by atoms with van der Waals surface area (Å²) < 4.78 is 48.8. The maximum Gasteiger partial charge on any atom is 0.393 e. The quantitative estimate of drug-likeness (QED) is 0.912. The van der Waals surface area contributed by atoms with Crippen LogP contribution in [0.5, 0.6) is 11.5 Å². The van der Waals surface area contributed by atoms with Crippen LogP contribution >= 0.6 is 0 Å². The molecule has 2 aliphatic heterocycles. The van der Waals surface area contributed by atoms with Gasteiger partial charge in [-0.05, 0) is 31.5 Å². The molecule has 0 aliphatic carbocycles. The first-order valence-corrected chi connectivity index (χ1v) is 7.90. The summed E-state index contributed by atoms with van der Waals surface area (Å²) in [6.45, 7) is 1.05. The van der Waals surface area contributed by atoms with Crippen molar-refractivity contribution in [2.24, 2.45) is 5.92 Å². The molecule has 24 heavy (non-hydrogen) atoms. The highest BCUT2D eigenvalue weighted by Gasteiger charge is 2.41. The van der Waals surface area contributed by atoms with Gasteiger partial charge in [-0.1, -0.05) is 0 Å². The zero-order valence-electron chi connectivity index (χ0n) is 13.1. The molecular formula is C16H19F3N2O3.